The summed E-state index contributed by atoms with van der Waals surface area (Å²) in [5.41, 5.74) is 2.19. The first-order valence-electron chi connectivity index (χ1n) is 10.6. The van der Waals surface area contributed by atoms with Crippen molar-refractivity contribution in [3.8, 4) is 17.2 Å². The number of aromatic nitrogens is 2. The van der Waals surface area contributed by atoms with Gasteiger partial charge in [0.05, 0.1) is 23.6 Å². The minimum absolute atomic E-state index is 0.0822. The van der Waals surface area contributed by atoms with Gasteiger partial charge in [-0.1, -0.05) is 18.2 Å². The molecule has 174 valence electrons. The Morgan fingerprint density at radius 2 is 2.00 bits per heavy atom. The van der Waals surface area contributed by atoms with Gasteiger partial charge in [0.25, 0.3) is 0 Å². The second kappa shape index (κ2) is 9.32. The van der Waals surface area contributed by atoms with Crippen molar-refractivity contribution in [3.63, 3.8) is 0 Å². The van der Waals surface area contributed by atoms with Crippen LogP contribution < -0.4 is 10.1 Å². The molecular weight excluding hydrogens is 444 g/mol. The Hall–Kier alpha value is -3.24. The smallest absolute Gasteiger partial charge is 0.248 e. The van der Waals surface area contributed by atoms with Crippen LogP contribution in [0.1, 0.15) is 37.1 Å². The Labute approximate surface area is 192 Å². The minimum Gasteiger partial charge on any atom is -0.495 e. The van der Waals surface area contributed by atoms with E-state index in [1.165, 1.54) is 36.5 Å². The first-order chi connectivity index (χ1) is 15.8. The van der Waals surface area contributed by atoms with E-state index in [9.17, 15) is 13.2 Å². The maximum Gasteiger partial charge on any atom is 0.248 e. The highest BCUT2D eigenvalue weighted by atomic mass is 32.2. The van der Waals surface area contributed by atoms with Crippen LogP contribution in [0.5, 0.6) is 5.75 Å². The summed E-state index contributed by atoms with van der Waals surface area (Å²) in [5, 5.41) is 11.0. The van der Waals surface area contributed by atoms with Gasteiger partial charge in [-0.3, -0.25) is 4.79 Å². The van der Waals surface area contributed by atoms with Crippen LogP contribution in [0.15, 0.2) is 51.8 Å². The number of hydrogen-bond donors (Lipinski definition) is 1. The van der Waals surface area contributed by atoms with Crippen LogP contribution in [0.4, 0.5) is 5.69 Å². The predicted octanol–water partition coefficient (Wildman–Crippen LogP) is 3.58. The molecule has 2 heterocycles. The Morgan fingerprint density at radius 1 is 1.21 bits per heavy atom. The van der Waals surface area contributed by atoms with E-state index in [1.54, 1.807) is 0 Å². The highest BCUT2D eigenvalue weighted by Gasteiger charge is 2.34. The second-order valence-corrected chi connectivity index (χ2v) is 9.94. The van der Waals surface area contributed by atoms with Crippen LogP contribution in [0.3, 0.4) is 0 Å². The van der Waals surface area contributed by atoms with Gasteiger partial charge >= 0.3 is 0 Å². The summed E-state index contributed by atoms with van der Waals surface area (Å²) in [7, 11) is -2.34. The number of anilines is 1. The standard InChI is InChI=1S/C23H26N4O5S/c1-15-7-4-5-9-19(15)23-26-25-22(32-23)17-8-6-12-27(14-17)33(29,30)18-10-11-21(31-3)20(13-18)24-16(2)28/h4-5,7,9-11,13,17H,6,8,12,14H2,1-3H3,(H,24,28)/t17-/m1/s1. The molecule has 2 aromatic carbocycles. The molecule has 1 N–H and O–H groups in total. The van der Waals surface area contributed by atoms with E-state index in [-0.39, 0.29) is 23.3 Å². The molecule has 1 amide bonds. The molecule has 0 unspecified atom stereocenters. The van der Waals surface area contributed by atoms with Crippen LogP contribution in [0.25, 0.3) is 11.5 Å². The third-order valence-electron chi connectivity index (χ3n) is 5.67. The molecule has 0 saturated carbocycles. The van der Waals surface area contributed by atoms with Crippen molar-refractivity contribution >= 4 is 21.6 Å². The fourth-order valence-corrected chi connectivity index (χ4v) is 5.52. The number of sulfonamides is 1. The number of rotatable bonds is 6. The van der Waals surface area contributed by atoms with Crippen LogP contribution in [0, 0.1) is 6.92 Å². The Kier molecular flexibility index (Phi) is 6.48. The fraction of sp³-hybridized carbons (Fsp3) is 0.348. The number of carbonyl (C=O) groups is 1. The van der Waals surface area contributed by atoms with E-state index in [0.29, 0.717) is 36.2 Å². The largest absolute Gasteiger partial charge is 0.495 e. The van der Waals surface area contributed by atoms with Gasteiger partial charge in [0.1, 0.15) is 5.75 Å². The van der Waals surface area contributed by atoms with Gasteiger partial charge in [-0.05, 0) is 49.6 Å². The fourth-order valence-electron chi connectivity index (χ4n) is 3.97. The quantitative estimate of drug-likeness (QED) is 0.585. The van der Waals surface area contributed by atoms with Gasteiger partial charge in [0.2, 0.25) is 27.7 Å². The molecule has 0 spiro atoms. The highest BCUT2D eigenvalue weighted by molar-refractivity contribution is 7.89. The van der Waals surface area contributed by atoms with E-state index >= 15 is 0 Å². The third kappa shape index (κ3) is 4.76. The number of methoxy groups -OCH3 is 1. The SMILES string of the molecule is COc1ccc(S(=O)(=O)N2CCC[C@@H](c3nnc(-c4ccccc4C)o3)C2)cc1NC(C)=O. The second-order valence-electron chi connectivity index (χ2n) is 8.01. The zero-order valence-electron chi connectivity index (χ0n) is 18.7. The summed E-state index contributed by atoms with van der Waals surface area (Å²) >= 11 is 0. The molecule has 1 aromatic heterocycles. The summed E-state index contributed by atoms with van der Waals surface area (Å²) in [5.74, 6) is 0.726. The molecule has 1 aliphatic heterocycles. The summed E-state index contributed by atoms with van der Waals surface area (Å²) in [6.07, 6.45) is 1.42. The van der Waals surface area contributed by atoms with Crippen molar-refractivity contribution in [1.29, 1.82) is 0 Å². The lowest BCUT2D eigenvalue weighted by Crippen LogP contribution is -2.39. The number of benzene rings is 2. The maximum atomic E-state index is 13.4. The van der Waals surface area contributed by atoms with Crippen molar-refractivity contribution in [1.82, 2.24) is 14.5 Å². The predicted molar refractivity (Wildman–Crippen MR) is 123 cm³/mol. The lowest BCUT2D eigenvalue weighted by Gasteiger charge is -2.30. The number of nitrogens with one attached hydrogen (secondary N) is 1. The van der Waals surface area contributed by atoms with Crippen molar-refractivity contribution in [2.24, 2.45) is 0 Å². The third-order valence-corrected chi connectivity index (χ3v) is 7.53. The lowest BCUT2D eigenvalue weighted by molar-refractivity contribution is -0.114. The molecule has 0 aliphatic carbocycles. The Balaban J connectivity index is 1.57. The number of piperidine rings is 1. The number of amides is 1. The van der Waals surface area contributed by atoms with Crippen molar-refractivity contribution in [3.05, 3.63) is 53.9 Å². The highest BCUT2D eigenvalue weighted by Crippen LogP contribution is 2.34. The van der Waals surface area contributed by atoms with E-state index in [1.807, 2.05) is 31.2 Å². The first kappa shape index (κ1) is 22.9. The summed E-state index contributed by atoms with van der Waals surface area (Å²) in [6.45, 7) is 3.95. The topological polar surface area (TPSA) is 115 Å². The molecule has 33 heavy (non-hydrogen) atoms. The monoisotopic (exact) mass is 470 g/mol. The van der Waals surface area contributed by atoms with Gasteiger partial charge in [0, 0.05) is 25.6 Å². The molecular formula is C23H26N4O5S. The molecule has 1 fully saturated rings. The number of nitrogens with zero attached hydrogens (tertiary/aromatic N) is 3. The summed E-state index contributed by atoms with van der Waals surface area (Å²) in [4.78, 5) is 11.6. The number of aryl methyl sites for hydroxylation is 1. The molecule has 3 aromatic rings. The molecule has 1 atom stereocenters. The van der Waals surface area contributed by atoms with Gasteiger partial charge < -0.3 is 14.5 Å². The minimum atomic E-state index is -3.80. The van der Waals surface area contributed by atoms with Crippen LogP contribution in [0.2, 0.25) is 0 Å². The number of ether oxygens (including phenoxy) is 1. The molecule has 1 saturated heterocycles. The van der Waals surface area contributed by atoms with E-state index < -0.39 is 10.0 Å². The van der Waals surface area contributed by atoms with E-state index in [2.05, 4.69) is 15.5 Å². The van der Waals surface area contributed by atoms with Crippen molar-refractivity contribution in [2.45, 2.75) is 37.5 Å². The molecule has 9 nitrogen and oxygen atoms in total. The van der Waals surface area contributed by atoms with Gasteiger partial charge in [-0.25, -0.2) is 8.42 Å². The molecule has 0 bridgehead atoms. The van der Waals surface area contributed by atoms with Gasteiger partial charge in [-0.15, -0.1) is 10.2 Å². The zero-order valence-corrected chi connectivity index (χ0v) is 19.6. The van der Waals surface area contributed by atoms with Crippen molar-refractivity contribution in [2.75, 3.05) is 25.5 Å². The van der Waals surface area contributed by atoms with Crippen LogP contribution in [-0.4, -0.2) is 49.0 Å². The average Bonchev–Trinajstić information content (AvgIpc) is 3.29. The van der Waals surface area contributed by atoms with Gasteiger partial charge in [0.15, 0.2) is 0 Å². The molecule has 0 radical (unpaired) electrons. The first-order valence-corrected chi connectivity index (χ1v) is 12.1. The molecule has 4 rings (SSSR count). The summed E-state index contributed by atoms with van der Waals surface area (Å²) < 4.78 is 39.4. The van der Waals surface area contributed by atoms with Crippen LogP contribution in [-0.2, 0) is 14.8 Å². The Morgan fingerprint density at radius 3 is 2.73 bits per heavy atom. The lowest BCUT2D eigenvalue weighted by atomic mass is 10.00. The Bertz CT molecular complexity index is 1270. The van der Waals surface area contributed by atoms with Crippen LogP contribution >= 0.6 is 0 Å². The van der Waals surface area contributed by atoms with E-state index in [4.69, 9.17) is 9.15 Å². The number of carbonyl (C=O) groups excluding carboxylic acids is 1. The number of hydrogen-bond acceptors (Lipinski definition) is 7. The van der Waals surface area contributed by atoms with Crippen molar-refractivity contribution < 1.29 is 22.4 Å². The van der Waals surface area contributed by atoms with Gasteiger partial charge in [-0.2, -0.15) is 4.31 Å². The normalized spacial score (nSPS) is 17.0. The summed E-state index contributed by atoms with van der Waals surface area (Å²) in [6, 6.07) is 12.2. The molecule has 1 aliphatic rings. The van der Waals surface area contributed by atoms with E-state index in [0.717, 1.165) is 17.5 Å². The average molecular weight is 471 g/mol. The zero-order chi connectivity index (χ0) is 23.6. The molecule has 10 heteroatoms. The maximum absolute atomic E-state index is 13.4.